The van der Waals surface area contributed by atoms with E-state index >= 15 is 0 Å². The van der Waals surface area contributed by atoms with Gasteiger partial charge in [0.05, 0.1) is 49.4 Å². The highest BCUT2D eigenvalue weighted by Crippen LogP contribution is 2.56. The first-order valence-corrected chi connectivity index (χ1v) is 12.9. The molecule has 192 valence electrons. The van der Waals surface area contributed by atoms with Gasteiger partial charge in [-0.25, -0.2) is 0 Å². The van der Waals surface area contributed by atoms with Crippen LogP contribution >= 0.6 is 0 Å². The second-order valence-corrected chi connectivity index (χ2v) is 9.99. The minimum atomic E-state index is -0.961. The van der Waals surface area contributed by atoms with Crippen molar-refractivity contribution in [1.29, 1.82) is 5.26 Å². The number of benzene rings is 2. The van der Waals surface area contributed by atoms with Gasteiger partial charge < -0.3 is 24.6 Å². The molecule has 1 saturated carbocycles. The van der Waals surface area contributed by atoms with Crippen LogP contribution in [0.1, 0.15) is 47.4 Å². The smallest absolute Gasteiger partial charge is 0.148 e. The molecule has 2 N–H and O–H groups in total. The zero-order valence-corrected chi connectivity index (χ0v) is 21.1. The van der Waals surface area contributed by atoms with Crippen molar-refractivity contribution in [3.8, 4) is 17.6 Å². The van der Waals surface area contributed by atoms with E-state index in [1.807, 2.05) is 30.3 Å². The highest BCUT2D eigenvalue weighted by Gasteiger charge is 2.57. The summed E-state index contributed by atoms with van der Waals surface area (Å²) in [5.74, 6) is 0.599. The maximum Gasteiger partial charge on any atom is 0.148 e. The van der Waals surface area contributed by atoms with Gasteiger partial charge in [0, 0.05) is 24.8 Å². The van der Waals surface area contributed by atoms with Crippen LogP contribution < -0.4 is 9.47 Å². The van der Waals surface area contributed by atoms with E-state index in [1.54, 1.807) is 24.5 Å². The van der Waals surface area contributed by atoms with Gasteiger partial charge in [0.15, 0.2) is 0 Å². The molecule has 2 aromatic carbocycles. The van der Waals surface area contributed by atoms with Gasteiger partial charge in [-0.2, -0.15) is 5.26 Å². The summed E-state index contributed by atoms with van der Waals surface area (Å²) in [6.45, 7) is 2.55. The molecule has 0 radical (unpaired) electrons. The van der Waals surface area contributed by atoms with E-state index in [4.69, 9.17) is 9.47 Å². The van der Waals surface area contributed by atoms with E-state index in [0.29, 0.717) is 29.0 Å². The fraction of sp³-hybridized carbons (Fsp3) is 0.400. The topological polar surface area (TPSA) is 98.8 Å². The number of likely N-dealkylation sites (tertiary alicyclic amines) is 1. The lowest BCUT2D eigenvalue weighted by molar-refractivity contribution is 0.0374. The number of aliphatic hydroxyl groups is 2. The molecule has 2 fully saturated rings. The predicted molar refractivity (Wildman–Crippen MR) is 139 cm³/mol. The number of rotatable bonds is 8. The van der Waals surface area contributed by atoms with Crippen LogP contribution in [-0.4, -0.2) is 52.9 Å². The minimum Gasteiger partial charge on any atom is -0.495 e. The van der Waals surface area contributed by atoms with Crippen LogP contribution in [0.4, 0.5) is 0 Å². The summed E-state index contributed by atoms with van der Waals surface area (Å²) in [5, 5.41) is 31.3. The molecule has 5 rings (SSSR count). The first kappa shape index (κ1) is 25.2. The molecule has 2 aliphatic rings. The molecule has 7 nitrogen and oxygen atoms in total. The molecule has 0 spiro atoms. The van der Waals surface area contributed by atoms with E-state index in [-0.39, 0.29) is 18.4 Å². The number of aliphatic hydroxyl groups excluding tert-OH is 2. The molecule has 1 saturated heterocycles. The summed E-state index contributed by atoms with van der Waals surface area (Å²) in [5.41, 5.74) is 2.05. The molecule has 2 heterocycles. The summed E-state index contributed by atoms with van der Waals surface area (Å²) >= 11 is 0. The van der Waals surface area contributed by atoms with Crippen molar-refractivity contribution in [2.24, 2.45) is 5.92 Å². The predicted octanol–water partition coefficient (Wildman–Crippen LogP) is 3.99. The third-order valence-electron chi connectivity index (χ3n) is 7.91. The summed E-state index contributed by atoms with van der Waals surface area (Å²) in [7, 11) is 1.54. The normalized spacial score (nSPS) is 25.6. The average Bonchev–Trinajstić information content (AvgIpc) is 3.55. The van der Waals surface area contributed by atoms with Crippen LogP contribution in [0.25, 0.3) is 0 Å². The Labute approximate surface area is 217 Å². The number of nitriles is 1. The van der Waals surface area contributed by atoms with Gasteiger partial charge in [-0.15, -0.1) is 0 Å². The quantitative estimate of drug-likeness (QED) is 0.484. The molecule has 0 amide bonds. The molecule has 0 bridgehead atoms. The van der Waals surface area contributed by atoms with Gasteiger partial charge in [0.25, 0.3) is 0 Å². The van der Waals surface area contributed by atoms with E-state index in [2.05, 4.69) is 28.1 Å². The molecule has 1 aromatic heterocycles. The summed E-state index contributed by atoms with van der Waals surface area (Å²) in [6.07, 6.45) is 5.25. The second-order valence-electron chi connectivity index (χ2n) is 9.99. The lowest BCUT2D eigenvalue weighted by Gasteiger charge is -2.39. The molecule has 0 unspecified atom stereocenters. The molecule has 7 heteroatoms. The lowest BCUT2D eigenvalue weighted by Crippen LogP contribution is -2.40. The second kappa shape index (κ2) is 10.9. The van der Waals surface area contributed by atoms with E-state index in [9.17, 15) is 15.5 Å². The van der Waals surface area contributed by atoms with Crippen LogP contribution in [0.5, 0.6) is 11.5 Å². The Morgan fingerprint density at radius 2 is 1.76 bits per heavy atom. The van der Waals surface area contributed by atoms with Crippen molar-refractivity contribution >= 4 is 0 Å². The molecule has 4 atom stereocenters. The first-order chi connectivity index (χ1) is 18.1. The minimum absolute atomic E-state index is 0.0766. The van der Waals surface area contributed by atoms with Crippen molar-refractivity contribution < 1.29 is 19.7 Å². The molecule has 1 aliphatic carbocycles. The van der Waals surface area contributed by atoms with Crippen molar-refractivity contribution in [1.82, 2.24) is 9.88 Å². The molecular formula is C30H33N3O4. The van der Waals surface area contributed by atoms with Crippen LogP contribution in [0.3, 0.4) is 0 Å². The zero-order chi connectivity index (χ0) is 25.8. The van der Waals surface area contributed by atoms with Gasteiger partial charge in [-0.05, 0) is 49.2 Å². The van der Waals surface area contributed by atoms with E-state index in [0.717, 1.165) is 30.8 Å². The number of ether oxygens (including phenoxy) is 2. The Morgan fingerprint density at radius 3 is 2.41 bits per heavy atom. The number of nitrogens with zero attached hydrogens (tertiary/aromatic N) is 3. The Hall–Kier alpha value is -3.44. The van der Waals surface area contributed by atoms with Crippen molar-refractivity contribution in [2.45, 2.75) is 43.5 Å². The highest BCUT2D eigenvalue weighted by molar-refractivity contribution is 5.45. The van der Waals surface area contributed by atoms with E-state index in [1.165, 1.54) is 20.0 Å². The van der Waals surface area contributed by atoms with Crippen molar-refractivity contribution in [3.63, 3.8) is 0 Å². The SMILES string of the molecule is COc1cncc(O[C@]2(c3ccc(C#N)cc3)C[C@H](O)[C@H](CN3CCCC3)[C@H]2c2ccccc2)c1CO. The largest absolute Gasteiger partial charge is 0.495 e. The molecule has 37 heavy (non-hydrogen) atoms. The number of methoxy groups -OCH3 is 1. The monoisotopic (exact) mass is 499 g/mol. The third-order valence-corrected chi connectivity index (χ3v) is 7.91. The molecule has 3 aromatic rings. The molecule has 1 aliphatic heterocycles. The van der Waals surface area contributed by atoms with Crippen molar-refractivity contribution in [3.05, 3.63) is 89.2 Å². The summed E-state index contributed by atoms with van der Waals surface area (Å²) in [4.78, 5) is 6.74. The first-order valence-electron chi connectivity index (χ1n) is 12.9. The fourth-order valence-electron chi connectivity index (χ4n) is 6.18. The number of pyridine rings is 1. The van der Waals surface area contributed by atoms with Crippen molar-refractivity contribution in [2.75, 3.05) is 26.7 Å². The number of hydrogen-bond acceptors (Lipinski definition) is 7. The van der Waals surface area contributed by atoms with Crippen LogP contribution in [0.15, 0.2) is 67.0 Å². The summed E-state index contributed by atoms with van der Waals surface area (Å²) < 4.78 is 12.4. The maximum absolute atomic E-state index is 11.6. The Balaban J connectivity index is 1.68. The Morgan fingerprint density at radius 1 is 1.05 bits per heavy atom. The maximum atomic E-state index is 11.6. The van der Waals surface area contributed by atoms with Gasteiger partial charge in [-0.1, -0.05) is 42.5 Å². The number of aromatic nitrogens is 1. The molecular weight excluding hydrogens is 466 g/mol. The standard InChI is InChI=1S/C30H33N3O4/c1-36-27-17-32-18-28(25(27)20-34)37-30(23-11-9-21(16-31)10-12-23)15-26(35)24(19-33-13-5-6-14-33)29(30)22-7-3-2-4-8-22/h2-4,7-12,17-18,24,26,29,34-35H,5-6,13-15,19-20H2,1H3/t24-,26-,29+,30-/m0/s1. The Kier molecular flexibility index (Phi) is 7.43. The summed E-state index contributed by atoms with van der Waals surface area (Å²) in [6, 6.07) is 19.8. The van der Waals surface area contributed by atoms with Crippen LogP contribution in [-0.2, 0) is 12.2 Å². The lowest BCUT2D eigenvalue weighted by atomic mass is 9.75. The van der Waals surface area contributed by atoms with Gasteiger partial charge in [-0.3, -0.25) is 4.98 Å². The van der Waals surface area contributed by atoms with Crippen LogP contribution in [0.2, 0.25) is 0 Å². The zero-order valence-electron chi connectivity index (χ0n) is 21.1. The van der Waals surface area contributed by atoms with Gasteiger partial charge >= 0.3 is 0 Å². The van der Waals surface area contributed by atoms with Gasteiger partial charge in [0.2, 0.25) is 0 Å². The fourth-order valence-corrected chi connectivity index (χ4v) is 6.18. The average molecular weight is 500 g/mol. The Bertz CT molecular complexity index is 1240. The van der Waals surface area contributed by atoms with Gasteiger partial charge in [0.1, 0.15) is 17.1 Å². The van der Waals surface area contributed by atoms with E-state index < -0.39 is 11.7 Å². The third kappa shape index (κ3) is 4.80. The number of hydrogen-bond donors (Lipinski definition) is 2. The highest BCUT2D eigenvalue weighted by atomic mass is 16.5. The van der Waals surface area contributed by atoms with Crippen LogP contribution in [0, 0.1) is 17.2 Å².